The number of hydrogen-bond donors (Lipinski definition) is 1. The summed E-state index contributed by atoms with van der Waals surface area (Å²) in [5.41, 5.74) is 3.55. The van der Waals surface area contributed by atoms with E-state index in [-0.39, 0.29) is 5.69 Å². The Labute approximate surface area is 168 Å². The van der Waals surface area contributed by atoms with Crippen LogP contribution in [0.25, 0.3) is 11.3 Å². The SMILES string of the molecule is N#Cc1n[nH]nc1-c1ccc(OCc2ccccc2)c(OCc2ccccc2)c1. The Morgan fingerprint density at radius 2 is 1.38 bits per heavy atom. The molecule has 0 aliphatic carbocycles. The molecule has 3 aromatic carbocycles. The number of nitrogens with zero attached hydrogens (tertiary/aromatic N) is 3. The van der Waals surface area contributed by atoms with Gasteiger partial charge in [-0.05, 0) is 29.3 Å². The van der Waals surface area contributed by atoms with E-state index in [1.807, 2.05) is 84.9 Å². The number of ether oxygens (including phenoxy) is 2. The van der Waals surface area contributed by atoms with Gasteiger partial charge in [-0.15, -0.1) is 5.10 Å². The predicted molar refractivity (Wildman–Crippen MR) is 108 cm³/mol. The lowest BCUT2D eigenvalue weighted by molar-refractivity contribution is 0.256. The minimum absolute atomic E-state index is 0.233. The second-order valence-corrected chi connectivity index (χ2v) is 6.34. The second kappa shape index (κ2) is 8.72. The highest BCUT2D eigenvalue weighted by Crippen LogP contribution is 2.34. The van der Waals surface area contributed by atoms with E-state index in [4.69, 9.17) is 9.47 Å². The molecule has 0 atom stereocenters. The number of nitriles is 1. The zero-order valence-corrected chi connectivity index (χ0v) is 15.6. The van der Waals surface area contributed by atoms with Gasteiger partial charge in [0.15, 0.2) is 17.2 Å². The first kappa shape index (κ1) is 18.3. The number of hydrogen-bond acceptors (Lipinski definition) is 5. The van der Waals surface area contributed by atoms with Gasteiger partial charge in [0.1, 0.15) is 25.0 Å². The van der Waals surface area contributed by atoms with Gasteiger partial charge in [0.05, 0.1) is 0 Å². The molecule has 0 unspecified atom stereocenters. The summed E-state index contributed by atoms with van der Waals surface area (Å²) in [4.78, 5) is 0. The summed E-state index contributed by atoms with van der Waals surface area (Å²) in [6, 6.07) is 27.4. The van der Waals surface area contributed by atoms with E-state index in [2.05, 4.69) is 15.4 Å². The van der Waals surface area contributed by atoms with E-state index < -0.39 is 0 Å². The standard InChI is InChI=1S/C23H18N4O2/c24-14-20-23(26-27-25-20)19-11-12-21(28-15-17-7-3-1-4-8-17)22(13-19)29-16-18-9-5-2-6-10-18/h1-13H,15-16H2,(H,25,26,27). The monoisotopic (exact) mass is 382 g/mol. The molecule has 0 saturated heterocycles. The van der Waals surface area contributed by atoms with Crippen molar-refractivity contribution < 1.29 is 9.47 Å². The molecule has 0 bridgehead atoms. The smallest absolute Gasteiger partial charge is 0.190 e. The third kappa shape index (κ3) is 4.42. The molecule has 1 N–H and O–H groups in total. The minimum atomic E-state index is 0.233. The summed E-state index contributed by atoms with van der Waals surface area (Å²) < 4.78 is 12.1. The third-order valence-electron chi connectivity index (χ3n) is 4.35. The summed E-state index contributed by atoms with van der Waals surface area (Å²) in [7, 11) is 0. The van der Waals surface area contributed by atoms with E-state index in [0.717, 1.165) is 16.7 Å². The van der Waals surface area contributed by atoms with Crippen molar-refractivity contribution in [1.29, 1.82) is 5.26 Å². The normalized spacial score (nSPS) is 10.3. The number of aromatic amines is 1. The van der Waals surface area contributed by atoms with Crippen LogP contribution in [0.1, 0.15) is 16.8 Å². The fraction of sp³-hybridized carbons (Fsp3) is 0.0870. The van der Waals surface area contributed by atoms with Gasteiger partial charge in [-0.25, -0.2) is 0 Å². The van der Waals surface area contributed by atoms with Gasteiger partial charge < -0.3 is 9.47 Å². The fourth-order valence-corrected chi connectivity index (χ4v) is 2.87. The average molecular weight is 382 g/mol. The van der Waals surface area contributed by atoms with E-state index >= 15 is 0 Å². The van der Waals surface area contributed by atoms with Crippen LogP contribution in [-0.2, 0) is 13.2 Å². The average Bonchev–Trinajstić information content (AvgIpc) is 3.27. The summed E-state index contributed by atoms with van der Waals surface area (Å²) in [6.45, 7) is 0.825. The second-order valence-electron chi connectivity index (χ2n) is 6.34. The predicted octanol–water partition coefficient (Wildman–Crippen LogP) is 4.50. The van der Waals surface area contributed by atoms with Gasteiger partial charge in [0.2, 0.25) is 0 Å². The van der Waals surface area contributed by atoms with Crippen molar-refractivity contribution in [2.45, 2.75) is 13.2 Å². The molecule has 0 aliphatic heterocycles. The highest BCUT2D eigenvalue weighted by atomic mass is 16.5. The zero-order chi connectivity index (χ0) is 19.9. The van der Waals surface area contributed by atoms with E-state index in [0.29, 0.717) is 30.4 Å². The van der Waals surface area contributed by atoms with Crippen molar-refractivity contribution >= 4 is 0 Å². The molecule has 0 amide bonds. The van der Waals surface area contributed by atoms with Crippen LogP contribution in [0.2, 0.25) is 0 Å². The Morgan fingerprint density at radius 3 is 2.00 bits per heavy atom. The molecular formula is C23H18N4O2. The van der Waals surface area contributed by atoms with Crippen LogP contribution in [0.15, 0.2) is 78.9 Å². The quantitative estimate of drug-likeness (QED) is 0.509. The van der Waals surface area contributed by atoms with Crippen molar-refractivity contribution in [3.05, 3.63) is 95.7 Å². The van der Waals surface area contributed by atoms with E-state index in [9.17, 15) is 5.26 Å². The highest BCUT2D eigenvalue weighted by molar-refractivity contribution is 5.67. The van der Waals surface area contributed by atoms with Gasteiger partial charge in [-0.2, -0.15) is 15.6 Å². The molecular weight excluding hydrogens is 364 g/mol. The van der Waals surface area contributed by atoms with Crippen LogP contribution < -0.4 is 9.47 Å². The summed E-state index contributed by atoms with van der Waals surface area (Å²) in [5, 5.41) is 19.7. The Morgan fingerprint density at radius 1 is 0.759 bits per heavy atom. The Kier molecular flexibility index (Phi) is 5.49. The zero-order valence-electron chi connectivity index (χ0n) is 15.6. The maximum atomic E-state index is 9.23. The molecule has 29 heavy (non-hydrogen) atoms. The molecule has 6 nitrogen and oxygen atoms in total. The molecule has 0 aliphatic rings. The van der Waals surface area contributed by atoms with Crippen molar-refractivity contribution in [3.63, 3.8) is 0 Å². The van der Waals surface area contributed by atoms with Crippen molar-refractivity contribution in [2.75, 3.05) is 0 Å². The molecule has 4 aromatic rings. The third-order valence-corrected chi connectivity index (χ3v) is 4.35. The highest BCUT2D eigenvalue weighted by Gasteiger charge is 2.14. The first-order chi connectivity index (χ1) is 14.3. The Bertz CT molecular complexity index is 1120. The van der Waals surface area contributed by atoms with Crippen LogP contribution in [0.5, 0.6) is 11.5 Å². The molecule has 0 radical (unpaired) electrons. The van der Waals surface area contributed by atoms with Gasteiger partial charge in [-0.3, -0.25) is 0 Å². The Hall–Kier alpha value is -4.11. The maximum Gasteiger partial charge on any atom is 0.190 e. The lowest BCUT2D eigenvalue weighted by Gasteiger charge is -2.14. The van der Waals surface area contributed by atoms with E-state index in [1.165, 1.54) is 0 Å². The molecule has 4 rings (SSSR count). The molecule has 1 heterocycles. The number of rotatable bonds is 7. The van der Waals surface area contributed by atoms with Crippen LogP contribution in [0, 0.1) is 11.3 Å². The Balaban J connectivity index is 1.61. The number of benzene rings is 3. The first-order valence-electron chi connectivity index (χ1n) is 9.12. The first-order valence-corrected chi connectivity index (χ1v) is 9.12. The van der Waals surface area contributed by atoms with Crippen LogP contribution in [-0.4, -0.2) is 15.4 Å². The van der Waals surface area contributed by atoms with Crippen LogP contribution >= 0.6 is 0 Å². The lowest BCUT2D eigenvalue weighted by atomic mass is 10.1. The molecule has 0 saturated carbocycles. The number of nitrogens with one attached hydrogen (secondary N) is 1. The van der Waals surface area contributed by atoms with Crippen LogP contribution in [0.4, 0.5) is 0 Å². The van der Waals surface area contributed by atoms with Crippen molar-refractivity contribution in [1.82, 2.24) is 15.4 Å². The fourth-order valence-electron chi connectivity index (χ4n) is 2.87. The number of H-pyrrole nitrogens is 1. The summed E-state index contributed by atoms with van der Waals surface area (Å²) in [5.74, 6) is 1.20. The summed E-state index contributed by atoms with van der Waals surface area (Å²) in [6.07, 6.45) is 0. The maximum absolute atomic E-state index is 9.23. The van der Waals surface area contributed by atoms with Gasteiger partial charge in [0.25, 0.3) is 0 Å². The minimum Gasteiger partial charge on any atom is -0.485 e. The van der Waals surface area contributed by atoms with Crippen molar-refractivity contribution in [3.8, 4) is 28.8 Å². The van der Waals surface area contributed by atoms with Crippen molar-refractivity contribution in [2.24, 2.45) is 0 Å². The topological polar surface area (TPSA) is 83.8 Å². The molecule has 1 aromatic heterocycles. The molecule has 0 spiro atoms. The number of aromatic nitrogens is 3. The largest absolute Gasteiger partial charge is 0.485 e. The van der Waals surface area contributed by atoms with E-state index in [1.54, 1.807) is 0 Å². The lowest BCUT2D eigenvalue weighted by Crippen LogP contribution is -2.01. The van der Waals surface area contributed by atoms with Crippen LogP contribution in [0.3, 0.4) is 0 Å². The van der Waals surface area contributed by atoms with Gasteiger partial charge >= 0.3 is 0 Å². The molecule has 6 heteroatoms. The van der Waals surface area contributed by atoms with Gasteiger partial charge in [0, 0.05) is 5.56 Å². The summed E-state index contributed by atoms with van der Waals surface area (Å²) >= 11 is 0. The van der Waals surface area contributed by atoms with Gasteiger partial charge in [-0.1, -0.05) is 60.7 Å². The molecule has 0 fully saturated rings. The molecule has 142 valence electrons.